The second-order valence-corrected chi connectivity index (χ2v) is 9.37. The number of nitrogens with zero attached hydrogens (tertiary/aromatic N) is 1. The van der Waals surface area contributed by atoms with Crippen LogP contribution in [0.4, 0.5) is 0 Å². The van der Waals surface area contributed by atoms with Gasteiger partial charge >= 0.3 is 5.97 Å². The van der Waals surface area contributed by atoms with E-state index in [2.05, 4.69) is 10.6 Å². The molecule has 31 heavy (non-hydrogen) atoms. The molecule has 1 fully saturated rings. The molecule has 1 aliphatic heterocycles. The Kier molecular flexibility index (Phi) is 10.4. The van der Waals surface area contributed by atoms with Crippen LogP contribution in [0.15, 0.2) is 0 Å². The van der Waals surface area contributed by atoms with E-state index in [0.29, 0.717) is 32.2 Å². The molecular formula is C22H40N4O5. The molecule has 0 bridgehead atoms. The summed E-state index contributed by atoms with van der Waals surface area (Å²) in [7, 11) is 0. The molecule has 1 aliphatic rings. The van der Waals surface area contributed by atoms with Crippen molar-refractivity contribution in [2.24, 2.45) is 23.5 Å². The van der Waals surface area contributed by atoms with Crippen molar-refractivity contribution in [3.05, 3.63) is 0 Å². The quantitative estimate of drug-likeness (QED) is 0.379. The van der Waals surface area contributed by atoms with Crippen molar-refractivity contribution < 1.29 is 24.3 Å². The van der Waals surface area contributed by atoms with Gasteiger partial charge in [0.05, 0.1) is 6.04 Å². The molecule has 0 aromatic rings. The Hall–Kier alpha value is -2.16. The Bertz CT molecular complexity index is 652. The van der Waals surface area contributed by atoms with Crippen molar-refractivity contribution in [1.82, 2.24) is 15.5 Å². The minimum absolute atomic E-state index is 0.250. The van der Waals surface area contributed by atoms with E-state index in [1.165, 1.54) is 4.90 Å². The van der Waals surface area contributed by atoms with Crippen LogP contribution in [0, 0.1) is 17.8 Å². The van der Waals surface area contributed by atoms with Crippen LogP contribution < -0.4 is 16.4 Å². The fourth-order valence-corrected chi connectivity index (χ4v) is 3.84. The molecule has 1 heterocycles. The van der Waals surface area contributed by atoms with Crippen LogP contribution in [0.1, 0.15) is 67.2 Å². The van der Waals surface area contributed by atoms with Gasteiger partial charge < -0.3 is 26.4 Å². The molecule has 178 valence electrons. The molecule has 5 atom stereocenters. The zero-order valence-corrected chi connectivity index (χ0v) is 19.7. The van der Waals surface area contributed by atoms with Crippen molar-refractivity contribution in [3.8, 4) is 0 Å². The third-order valence-corrected chi connectivity index (χ3v) is 5.90. The van der Waals surface area contributed by atoms with Crippen LogP contribution in [0.3, 0.4) is 0 Å². The summed E-state index contributed by atoms with van der Waals surface area (Å²) in [5.74, 6) is -2.56. The van der Waals surface area contributed by atoms with Crippen molar-refractivity contribution in [3.63, 3.8) is 0 Å². The highest BCUT2D eigenvalue weighted by Crippen LogP contribution is 2.20. The lowest BCUT2D eigenvalue weighted by molar-refractivity contribution is -0.144. The van der Waals surface area contributed by atoms with Gasteiger partial charge in [0.2, 0.25) is 17.7 Å². The minimum Gasteiger partial charge on any atom is -0.480 e. The average Bonchev–Trinajstić information content (AvgIpc) is 3.17. The summed E-state index contributed by atoms with van der Waals surface area (Å²) < 4.78 is 0. The molecule has 0 radical (unpaired) electrons. The smallest absolute Gasteiger partial charge is 0.326 e. The van der Waals surface area contributed by atoms with E-state index in [1.54, 1.807) is 20.8 Å². The van der Waals surface area contributed by atoms with Gasteiger partial charge in [-0.15, -0.1) is 0 Å². The summed E-state index contributed by atoms with van der Waals surface area (Å²) in [6, 6.07) is -3.27. The third-order valence-electron chi connectivity index (χ3n) is 5.90. The van der Waals surface area contributed by atoms with Crippen molar-refractivity contribution in [2.45, 2.75) is 91.4 Å². The van der Waals surface area contributed by atoms with Gasteiger partial charge in [-0.3, -0.25) is 14.4 Å². The maximum absolute atomic E-state index is 13.0. The summed E-state index contributed by atoms with van der Waals surface area (Å²) in [6.07, 6.45) is 2.31. The predicted octanol–water partition coefficient (Wildman–Crippen LogP) is 1.11. The fraction of sp³-hybridized carbons (Fsp3) is 0.818. The Morgan fingerprint density at radius 2 is 1.68 bits per heavy atom. The zero-order chi connectivity index (χ0) is 23.9. The first-order chi connectivity index (χ1) is 14.4. The topological polar surface area (TPSA) is 142 Å². The molecule has 1 saturated heterocycles. The highest BCUT2D eigenvalue weighted by atomic mass is 16.4. The number of nitrogens with two attached hydrogens (primary N) is 1. The normalized spacial score (nSPS) is 20.3. The number of rotatable bonds is 11. The van der Waals surface area contributed by atoms with Gasteiger partial charge in [-0.05, 0) is 37.0 Å². The maximum Gasteiger partial charge on any atom is 0.326 e. The number of hydrogen-bond acceptors (Lipinski definition) is 5. The van der Waals surface area contributed by atoms with Gasteiger partial charge in [-0.1, -0.05) is 48.0 Å². The van der Waals surface area contributed by atoms with E-state index in [1.807, 2.05) is 20.8 Å². The summed E-state index contributed by atoms with van der Waals surface area (Å²) >= 11 is 0. The second kappa shape index (κ2) is 12.0. The molecule has 0 spiro atoms. The molecule has 3 amide bonds. The summed E-state index contributed by atoms with van der Waals surface area (Å²) in [6.45, 7) is 11.6. The summed E-state index contributed by atoms with van der Waals surface area (Å²) in [4.78, 5) is 51.6. The number of amides is 3. The number of carbonyl (C=O) groups excluding carboxylic acids is 3. The first kappa shape index (κ1) is 26.9. The molecule has 0 saturated carbocycles. The molecule has 5 N–H and O–H groups in total. The summed E-state index contributed by atoms with van der Waals surface area (Å²) in [5, 5.41) is 14.8. The van der Waals surface area contributed by atoms with Crippen LogP contribution in [0.5, 0.6) is 0 Å². The Labute approximate surface area is 185 Å². The van der Waals surface area contributed by atoms with Crippen molar-refractivity contribution >= 4 is 23.7 Å². The number of nitrogens with one attached hydrogen (secondary N) is 2. The fourth-order valence-electron chi connectivity index (χ4n) is 3.84. The SMILES string of the molecule is CCC(C)C(NC(=O)C(NC(=O)C1CCCN1C(=O)C(N)CC(C)C)C(C)C)C(=O)O. The Morgan fingerprint density at radius 3 is 2.16 bits per heavy atom. The van der Waals surface area contributed by atoms with Crippen LogP contribution >= 0.6 is 0 Å². The lowest BCUT2D eigenvalue weighted by atomic mass is 9.97. The Morgan fingerprint density at radius 1 is 1.06 bits per heavy atom. The molecule has 1 rings (SSSR count). The van der Waals surface area contributed by atoms with E-state index in [4.69, 9.17) is 5.73 Å². The minimum atomic E-state index is -1.11. The van der Waals surface area contributed by atoms with Crippen LogP contribution in [-0.4, -0.2) is 64.4 Å². The third kappa shape index (κ3) is 7.48. The standard InChI is InChI=1S/C22H40N4O5/c1-7-14(6)18(22(30)31)25-20(28)17(13(4)5)24-19(27)16-9-8-10-26(16)21(29)15(23)11-12(2)3/h12-18H,7-11,23H2,1-6H3,(H,24,27)(H,25,28)(H,30,31). The first-order valence-corrected chi connectivity index (χ1v) is 11.3. The molecular weight excluding hydrogens is 400 g/mol. The largest absolute Gasteiger partial charge is 0.480 e. The van der Waals surface area contributed by atoms with Gasteiger partial charge in [0.25, 0.3) is 0 Å². The molecule has 0 aromatic heterocycles. The predicted molar refractivity (Wildman–Crippen MR) is 118 cm³/mol. The zero-order valence-electron chi connectivity index (χ0n) is 19.7. The monoisotopic (exact) mass is 440 g/mol. The van der Waals surface area contributed by atoms with E-state index in [-0.39, 0.29) is 23.7 Å². The molecule has 0 aromatic carbocycles. The van der Waals surface area contributed by atoms with E-state index in [0.717, 1.165) is 0 Å². The number of carbonyl (C=O) groups is 4. The molecule has 9 heteroatoms. The average molecular weight is 441 g/mol. The molecule has 5 unspecified atom stereocenters. The number of aliphatic carboxylic acids is 1. The van der Waals surface area contributed by atoms with Gasteiger partial charge in [-0.25, -0.2) is 4.79 Å². The van der Waals surface area contributed by atoms with Crippen molar-refractivity contribution in [2.75, 3.05) is 6.54 Å². The van der Waals surface area contributed by atoms with E-state index >= 15 is 0 Å². The van der Waals surface area contributed by atoms with Crippen LogP contribution in [0.2, 0.25) is 0 Å². The second-order valence-electron chi connectivity index (χ2n) is 9.37. The maximum atomic E-state index is 13.0. The lowest BCUT2D eigenvalue weighted by Gasteiger charge is -2.30. The lowest BCUT2D eigenvalue weighted by Crippen LogP contribution is -2.58. The van der Waals surface area contributed by atoms with Crippen LogP contribution in [-0.2, 0) is 19.2 Å². The highest BCUT2D eigenvalue weighted by Gasteiger charge is 2.38. The molecule has 0 aliphatic carbocycles. The highest BCUT2D eigenvalue weighted by molar-refractivity contribution is 5.94. The van der Waals surface area contributed by atoms with Crippen molar-refractivity contribution in [1.29, 1.82) is 0 Å². The number of carboxylic acids is 1. The van der Waals surface area contributed by atoms with Gasteiger partial charge in [0.1, 0.15) is 18.1 Å². The van der Waals surface area contributed by atoms with E-state index in [9.17, 15) is 24.3 Å². The number of carboxylic acid groups (broad SMARTS) is 1. The summed E-state index contributed by atoms with van der Waals surface area (Å²) in [5.41, 5.74) is 6.04. The Balaban J connectivity index is 2.89. The van der Waals surface area contributed by atoms with Gasteiger partial charge in [0, 0.05) is 6.54 Å². The van der Waals surface area contributed by atoms with Gasteiger partial charge in [0.15, 0.2) is 0 Å². The number of hydrogen-bond donors (Lipinski definition) is 4. The van der Waals surface area contributed by atoms with Gasteiger partial charge in [-0.2, -0.15) is 0 Å². The molecule has 9 nitrogen and oxygen atoms in total. The first-order valence-electron chi connectivity index (χ1n) is 11.3. The van der Waals surface area contributed by atoms with E-state index < -0.39 is 42.0 Å². The number of likely N-dealkylation sites (tertiary alicyclic amines) is 1. The van der Waals surface area contributed by atoms with Crippen LogP contribution in [0.25, 0.3) is 0 Å².